The van der Waals surface area contributed by atoms with Crippen molar-refractivity contribution in [2.75, 3.05) is 0 Å². The van der Waals surface area contributed by atoms with Crippen molar-refractivity contribution in [3.63, 3.8) is 0 Å². The number of hydrogen-bond donors (Lipinski definition) is 1. The normalized spacial score (nSPS) is 14.2. The SMILES string of the molecule is Fc1ccccc1COc1ncc(Br)cc1CNC1CC1. The van der Waals surface area contributed by atoms with Gasteiger partial charge in [-0.25, -0.2) is 9.37 Å². The molecular weight excluding hydrogens is 335 g/mol. The van der Waals surface area contributed by atoms with Crippen molar-refractivity contribution in [2.24, 2.45) is 0 Å². The molecule has 110 valence electrons. The van der Waals surface area contributed by atoms with Gasteiger partial charge in [0.2, 0.25) is 5.88 Å². The van der Waals surface area contributed by atoms with Crippen LogP contribution < -0.4 is 10.1 Å². The summed E-state index contributed by atoms with van der Waals surface area (Å²) < 4.78 is 20.2. The standard InChI is InChI=1S/C16H16BrFN2O/c17-13-7-12(8-19-14-5-6-14)16(20-9-13)21-10-11-3-1-2-4-15(11)18/h1-4,7,9,14,19H,5-6,8,10H2. The van der Waals surface area contributed by atoms with Crippen LogP contribution in [-0.2, 0) is 13.2 Å². The summed E-state index contributed by atoms with van der Waals surface area (Å²) in [6.45, 7) is 0.890. The lowest BCUT2D eigenvalue weighted by molar-refractivity contribution is 0.284. The minimum atomic E-state index is -0.257. The van der Waals surface area contributed by atoms with Gasteiger partial charge in [-0.1, -0.05) is 18.2 Å². The largest absolute Gasteiger partial charge is 0.472 e. The molecule has 2 aromatic rings. The summed E-state index contributed by atoms with van der Waals surface area (Å²) in [5, 5.41) is 3.44. The van der Waals surface area contributed by atoms with Gasteiger partial charge in [-0.15, -0.1) is 0 Å². The Labute approximate surface area is 131 Å². The van der Waals surface area contributed by atoms with E-state index in [0.717, 1.165) is 10.0 Å². The fourth-order valence-corrected chi connectivity index (χ4v) is 2.41. The average Bonchev–Trinajstić information content (AvgIpc) is 3.30. The molecule has 1 aromatic carbocycles. The summed E-state index contributed by atoms with van der Waals surface area (Å²) in [4.78, 5) is 4.29. The van der Waals surface area contributed by atoms with E-state index in [2.05, 4.69) is 26.2 Å². The Morgan fingerprint density at radius 1 is 1.29 bits per heavy atom. The molecule has 0 spiro atoms. The Morgan fingerprint density at radius 3 is 2.86 bits per heavy atom. The van der Waals surface area contributed by atoms with Crippen LogP contribution in [0.25, 0.3) is 0 Å². The lowest BCUT2D eigenvalue weighted by atomic mass is 10.2. The van der Waals surface area contributed by atoms with Crippen LogP contribution in [0.3, 0.4) is 0 Å². The fourth-order valence-electron chi connectivity index (χ4n) is 2.03. The number of benzene rings is 1. The van der Waals surface area contributed by atoms with Gasteiger partial charge in [0.25, 0.3) is 0 Å². The molecule has 1 saturated carbocycles. The zero-order valence-electron chi connectivity index (χ0n) is 11.5. The molecule has 1 heterocycles. The van der Waals surface area contributed by atoms with Crippen LogP contribution in [0.5, 0.6) is 5.88 Å². The molecule has 0 unspecified atom stereocenters. The number of rotatable bonds is 6. The number of nitrogens with one attached hydrogen (secondary N) is 1. The average molecular weight is 351 g/mol. The molecule has 0 atom stereocenters. The Morgan fingerprint density at radius 2 is 2.10 bits per heavy atom. The predicted molar refractivity (Wildman–Crippen MR) is 82.5 cm³/mol. The third kappa shape index (κ3) is 4.02. The van der Waals surface area contributed by atoms with E-state index in [4.69, 9.17) is 4.74 Å². The van der Waals surface area contributed by atoms with Crippen molar-refractivity contribution in [1.29, 1.82) is 0 Å². The van der Waals surface area contributed by atoms with Gasteiger partial charge in [-0.3, -0.25) is 0 Å². The summed E-state index contributed by atoms with van der Waals surface area (Å²) in [5.41, 5.74) is 1.51. The molecule has 0 bridgehead atoms. The lowest BCUT2D eigenvalue weighted by Gasteiger charge is -2.12. The monoisotopic (exact) mass is 350 g/mol. The molecule has 3 rings (SSSR count). The van der Waals surface area contributed by atoms with E-state index >= 15 is 0 Å². The van der Waals surface area contributed by atoms with Gasteiger partial charge in [-0.05, 0) is 40.9 Å². The third-order valence-electron chi connectivity index (χ3n) is 3.37. The summed E-state index contributed by atoms with van der Waals surface area (Å²) in [6.07, 6.45) is 4.15. The smallest absolute Gasteiger partial charge is 0.218 e. The minimum absolute atomic E-state index is 0.178. The van der Waals surface area contributed by atoms with Gasteiger partial charge in [0.1, 0.15) is 12.4 Å². The van der Waals surface area contributed by atoms with E-state index in [1.165, 1.54) is 18.9 Å². The first kappa shape index (κ1) is 14.5. The number of aromatic nitrogens is 1. The number of hydrogen-bond acceptors (Lipinski definition) is 3. The van der Waals surface area contributed by atoms with E-state index < -0.39 is 0 Å². The van der Waals surface area contributed by atoms with Crippen molar-refractivity contribution in [1.82, 2.24) is 10.3 Å². The number of pyridine rings is 1. The van der Waals surface area contributed by atoms with E-state index in [-0.39, 0.29) is 12.4 Å². The number of ether oxygens (including phenoxy) is 1. The lowest BCUT2D eigenvalue weighted by Crippen LogP contribution is -2.16. The second-order valence-electron chi connectivity index (χ2n) is 5.15. The summed E-state index contributed by atoms with van der Waals surface area (Å²) in [6, 6.07) is 9.22. The fraction of sp³-hybridized carbons (Fsp3) is 0.312. The predicted octanol–water partition coefficient (Wildman–Crippen LogP) is 3.81. The van der Waals surface area contributed by atoms with Crippen molar-refractivity contribution >= 4 is 15.9 Å². The van der Waals surface area contributed by atoms with E-state index in [1.807, 2.05) is 6.07 Å². The highest BCUT2D eigenvalue weighted by Gasteiger charge is 2.21. The van der Waals surface area contributed by atoms with Crippen LogP contribution in [0.4, 0.5) is 4.39 Å². The molecule has 1 aromatic heterocycles. The first-order chi connectivity index (χ1) is 10.2. The second kappa shape index (κ2) is 6.54. The van der Waals surface area contributed by atoms with Crippen molar-refractivity contribution < 1.29 is 9.13 Å². The molecular formula is C16H16BrFN2O. The molecule has 21 heavy (non-hydrogen) atoms. The van der Waals surface area contributed by atoms with E-state index in [0.29, 0.717) is 24.0 Å². The second-order valence-corrected chi connectivity index (χ2v) is 6.07. The van der Waals surface area contributed by atoms with Gasteiger partial charge in [-0.2, -0.15) is 0 Å². The maximum Gasteiger partial charge on any atom is 0.218 e. The quantitative estimate of drug-likeness (QED) is 0.859. The maximum absolute atomic E-state index is 13.6. The van der Waals surface area contributed by atoms with Crippen LogP contribution in [0.2, 0.25) is 0 Å². The topological polar surface area (TPSA) is 34.1 Å². The van der Waals surface area contributed by atoms with Crippen LogP contribution >= 0.6 is 15.9 Å². The van der Waals surface area contributed by atoms with Crippen molar-refractivity contribution in [3.05, 3.63) is 57.9 Å². The number of halogens is 2. The zero-order valence-corrected chi connectivity index (χ0v) is 13.1. The highest BCUT2D eigenvalue weighted by atomic mass is 79.9. The summed E-state index contributed by atoms with van der Waals surface area (Å²) >= 11 is 3.42. The highest BCUT2D eigenvalue weighted by molar-refractivity contribution is 9.10. The Hall–Kier alpha value is -1.46. The summed E-state index contributed by atoms with van der Waals surface area (Å²) in [5.74, 6) is 0.293. The Balaban J connectivity index is 1.70. The first-order valence-corrected chi connectivity index (χ1v) is 7.75. The van der Waals surface area contributed by atoms with E-state index in [1.54, 1.807) is 24.4 Å². The molecule has 0 amide bonds. The van der Waals surface area contributed by atoms with E-state index in [9.17, 15) is 4.39 Å². The first-order valence-electron chi connectivity index (χ1n) is 6.96. The zero-order chi connectivity index (χ0) is 14.7. The molecule has 1 aliphatic carbocycles. The van der Waals surface area contributed by atoms with Crippen LogP contribution in [0.1, 0.15) is 24.0 Å². The molecule has 1 aliphatic rings. The van der Waals surface area contributed by atoms with Gasteiger partial charge in [0, 0.05) is 34.4 Å². The molecule has 0 aliphatic heterocycles. The van der Waals surface area contributed by atoms with Gasteiger partial charge < -0.3 is 10.1 Å². The molecule has 0 saturated heterocycles. The third-order valence-corrected chi connectivity index (χ3v) is 3.81. The molecule has 5 heteroatoms. The highest BCUT2D eigenvalue weighted by Crippen LogP contribution is 2.24. The van der Waals surface area contributed by atoms with Crippen molar-refractivity contribution in [3.8, 4) is 5.88 Å². The molecule has 3 nitrogen and oxygen atoms in total. The molecule has 0 radical (unpaired) electrons. The Kier molecular flexibility index (Phi) is 4.51. The van der Waals surface area contributed by atoms with Gasteiger partial charge >= 0.3 is 0 Å². The maximum atomic E-state index is 13.6. The van der Waals surface area contributed by atoms with Crippen LogP contribution in [-0.4, -0.2) is 11.0 Å². The molecule has 1 fully saturated rings. The van der Waals surface area contributed by atoms with Crippen LogP contribution in [0, 0.1) is 5.82 Å². The minimum Gasteiger partial charge on any atom is -0.472 e. The van der Waals surface area contributed by atoms with Gasteiger partial charge in [0.05, 0.1) is 0 Å². The number of nitrogens with zero attached hydrogens (tertiary/aromatic N) is 1. The van der Waals surface area contributed by atoms with Crippen molar-refractivity contribution in [2.45, 2.75) is 32.0 Å². The van der Waals surface area contributed by atoms with Gasteiger partial charge in [0.15, 0.2) is 0 Å². The Bertz CT molecular complexity index is 631. The van der Waals surface area contributed by atoms with Crippen LogP contribution in [0.15, 0.2) is 41.0 Å². The molecule has 1 N–H and O–H groups in total. The summed E-state index contributed by atoms with van der Waals surface area (Å²) in [7, 11) is 0.